The van der Waals surface area contributed by atoms with Gasteiger partial charge in [-0.15, -0.1) is 0 Å². The molecule has 0 atom stereocenters. The molecule has 1 heterocycles. The van der Waals surface area contributed by atoms with E-state index in [-0.39, 0.29) is 0 Å². The van der Waals surface area contributed by atoms with Crippen molar-refractivity contribution in [3.8, 4) is 0 Å². The summed E-state index contributed by atoms with van der Waals surface area (Å²) in [5.74, 6) is 0. The summed E-state index contributed by atoms with van der Waals surface area (Å²) in [5, 5.41) is 7.78. The summed E-state index contributed by atoms with van der Waals surface area (Å²) in [5.41, 5.74) is 3.46. The van der Waals surface area contributed by atoms with Gasteiger partial charge >= 0.3 is 0 Å². The summed E-state index contributed by atoms with van der Waals surface area (Å²) in [6, 6.07) is 10.3. The molecule has 1 N–H and O–H groups in total. The first kappa shape index (κ1) is 12.4. The van der Waals surface area contributed by atoms with E-state index in [0.29, 0.717) is 0 Å². The molecule has 0 radical (unpaired) electrons. The van der Waals surface area contributed by atoms with E-state index in [2.05, 4.69) is 41.6 Å². The second kappa shape index (κ2) is 6.05. The number of nitrogens with one attached hydrogen (secondary N) is 1. The molecule has 94 valence electrons. The first-order valence-electron chi connectivity index (χ1n) is 6.27. The van der Waals surface area contributed by atoms with E-state index in [1.165, 1.54) is 5.56 Å². The maximum atomic E-state index is 4.40. The van der Waals surface area contributed by atoms with Crippen molar-refractivity contribution in [1.29, 1.82) is 0 Å². The van der Waals surface area contributed by atoms with Crippen molar-refractivity contribution < 1.29 is 0 Å². The van der Waals surface area contributed by atoms with Crippen LogP contribution in [0.15, 0.2) is 42.6 Å². The smallest absolute Gasteiger partial charge is 0.0853 e. The van der Waals surface area contributed by atoms with E-state index in [0.717, 1.165) is 24.3 Å². The molecule has 0 aliphatic carbocycles. The molecule has 0 bridgehead atoms. The van der Waals surface area contributed by atoms with Crippen molar-refractivity contribution in [2.24, 2.45) is 7.05 Å². The zero-order valence-electron chi connectivity index (χ0n) is 10.9. The van der Waals surface area contributed by atoms with Crippen LogP contribution in [-0.2, 0) is 13.5 Å². The summed E-state index contributed by atoms with van der Waals surface area (Å²) in [6.07, 6.45) is 7.22. The lowest BCUT2D eigenvalue weighted by Gasteiger charge is -2.01. The Morgan fingerprint density at radius 1 is 1.28 bits per heavy atom. The van der Waals surface area contributed by atoms with Gasteiger partial charge in [0.15, 0.2) is 0 Å². The van der Waals surface area contributed by atoms with Crippen LogP contribution in [0.25, 0.3) is 6.08 Å². The lowest BCUT2D eigenvalue weighted by molar-refractivity contribution is 0.746. The van der Waals surface area contributed by atoms with Gasteiger partial charge in [-0.05, 0) is 12.0 Å². The number of hydrogen-bond donors (Lipinski definition) is 1. The first-order chi connectivity index (χ1) is 8.79. The summed E-state index contributed by atoms with van der Waals surface area (Å²) < 4.78 is 1.85. The Morgan fingerprint density at radius 2 is 2.06 bits per heavy atom. The van der Waals surface area contributed by atoms with Crippen LogP contribution >= 0.6 is 0 Å². The molecule has 1 aromatic carbocycles. The van der Waals surface area contributed by atoms with Gasteiger partial charge in [-0.2, -0.15) is 5.10 Å². The lowest BCUT2D eigenvalue weighted by Crippen LogP contribution is -1.99. The van der Waals surface area contributed by atoms with Crippen molar-refractivity contribution in [2.45, 2.75) is 13.3 Å². The Hall–Kier alpha value is -2.03. The van der Waals surface area contributed by atoms with Crippen LogP contribution in [-0.4, -0.2) is 16.3 Å². The average Bonchev–Trinajstić information content (AvgIpc) is 2.76. The van der Waals surface area contributed by atoms with Gasteiger partial charge in [-0.1, -0.05) is 49.4 Å². The lowest BCUT2D eigenvalue weighted by atomic mass is 10.2. The van der Waals surface area contributed by atoms with Crippen LogP contribution in [0.1, 0.15) is 18.2 Å². The fraction of sp³-hybridized carbons (Fsp3) is 0.267. The van der Waals surface area contributed by atoms with Gasteiger partial charge in [0, 0.05) is 19.8 Å². The molecule has 3 heteroatoms. The Kier molecular flexibility index (Phi) is 4.18. The maximum Gasteiger partial charge on any atom is 0.0853 e. The monoisotopic (exact) mass is 241 g/mol. The third-order valence-corrected chi connectivity index (χ3v) is 2.76. The molecule has 0 aliphatic heterocycles. The molecule has 2 aromatic rings. The molecule has 0 fully saturated rings. The standard InChI is InChI=1S/C15H19N3/c1-3-14-15(12-18(2)17-14)16-11-7-10-13-8-5-4-6-9-13/h4-10,12,16H,3,11H2,1-2H3/b10-7+. The molecular formula is C15H19N3. The quantitative estimate of drug-likeness (QED) is 0.871. The number of rotatable bonds is 5. The molecule has 0 unspecified atom stereocenters. The van der Waals surface area contributed by atoms with Crippen molar-refractivity contribution in [3.05, 3.63) is 53.9 Å². The Balaban J connectivity index is 1.90. The fourth-order valence-electron chi connectivity index (χ4n) is 1.87. The summed E-state index contributed by atoms with van der Waals surface area (Å²) in [6.45, 7) is 2.93. The van der Waals surface area contributed by atoms with E-state index >= 15 is 0 Å². The third kappa shape index (κ3) is 3.23. The number of benzene rings is 1. The fourth-order valence-corrected chi connectivity index (χ4v) is 1.87. The number of anilines is 1. The normalized spacial score (nSPS) is 11.0. The zero-order valence-corrected chi connectivity index (χ0v) is 10.9. The van der Waals surface area contributed by atoms with Gasteiger partial charge in [0.05, 0.1) is 11.4 Å². The third-order valence-electron chi connectivity index (χ3n) is 2.76. The van der Waals surface area contributed by atoms with Crippen LogP contribution in [0.4, 0.5) is 5.69 Å². The predicted molar refractivity (Wildman–Crippen MR) is 76.6 cm³/mol. The van der Waals surface area contributed by atoms with Gasteiger partial charge in [-0.25, -0.2) is 0 Å². The zero-order chi connectivity index (χ0) is 12.8. The van der Waals surface area contributed by atoms with Crippen LogP contribution in [0.3, 0.4) is 0 Å². The largest absolute Gasteiger partial charge is 0.379 e. The van der Waals surface area contributed by atoms with Crippen molar-refractivity contribution >= 4 is 11.8 Å². The average molecular weight is 241 g/mol. The van der Waals surface area contributed by atoms with Gasteiger partial charge in [0.1, 0.15) is 0 Å². The van der Waals surface area contributed by atoms with Gasteiger partial charge in [0.25, 0.3) is 0 Å². The van der Waals surface area contributed by atoms with E-state index in [1.54, 1.807) is 0 Å². The van der Waals surface area contributed by atoms with E-state index in [9.17, 15) is 0 Å². The second-order valence-corrected chi connectivity index (χ2v) is 4.21. The van der Waals surface area contributed by atoms with Crippen LogP contribution in [0.5, 0.6) is 0 Å². The topological polar surface area (TPSA) is 29.9 Å². The number of nitrogens with zero attached hydrogens (tertiary/aromatic N) is 2. The minimum atomic E-state index is 0.813. The highest BCUT2D eigenvalue weighted by atomic mass is 15.3. The van der Waals surface area contributed by atoms with E-state index in [4.69, 9.17) is 0 Å². The minimum absolute atomic E-state index is 0.813. The summed E-state index contributed by atoms with van der Waals surface area (Å²) >= 11 is 0. The predicted octanol–water partition coefficient (Wildman–Crippen LogP) is 3.11. The molecule has 0 amide bonds. The molecule has 18 heavy (non-hydrogen) atoms. The molecule has 0 saturated carbocycles. The second-order valence-electron chi connectivity index (χ2n) is 4.21. The molecule has 1 aromatic heterocycles. The maximum absolute atomic E-state index is 4.40. The van der Waals surface area contributed by atoms with Gasteiger partial charge < -0.3 is 5.32 Å². The van der Waals surface area contributed by atoms with Gasteiger partial charge in [0.2, 0.25) is 0 Å². The molecule has 0 spiro atoms. The first-order valence-corrected chi connectivity index (χ1v) is 6.27. The molecule has 2 rings (SSSR count). The molecule has 3 nitrogen and oxygen atoms in total. The molecular weight excluding hydrogens is 222 g/mol. The Labute approximate surface area is 108 Å². The highest BCUT2D eigenvalue weighted by Crippen LogP contribution is 2.13. The van der Waals surface area contributed by atoms with Crippen LogP contribution in [0.2, 0.25) is 0 Å². The number of aromatic nitrogens is 2. The van der Waals surface area contributed by atoms with Crippen molar-refractivity contribution in [3.63, 3.8) is 0 Å². The van der Waals surface area contributed by atoms with E-state index in [1.807, 2.05) is 36.1 Å². The molecule has 0 aliphatic rings. The number of aryl methyl sites for hydroxylation is 2. The SMILES string of the molecule is CCc1nn(C)cc1NC/C=C/c1ccccc1. The number of hydrogen-bond acceptors (Lipinski definition) is 2. The Bertz CT molecular complexity index is 512. The summed E-state index contributed by atoms with van der Waals surface area (Å²) in [4.78, 5) is 0. The van der Waals surface area contributed by atoms with Gasteiger partial charge in [-0.3, -0.25) is 4.68 Å². The van der Waals surface area contributed by atoms with Crippen LogP contribution < -0.4 is 5.32 Å². The van der Waals surface area contributed by atoms with Crippen molar-refractivity contribution in [2.75, 3.05) is 11.9 Å². The Morgan fingerprint density at radius 3 is 2.78 bits per heavy atom. The van der Waals surface area contributed by atoms with E-state index < -0.39 is 0 Å². The molecule has 0 saturated heterocycles. The highest BCUT2D eigenvalue weighted by Gasteiger charge is 2.03. The summed E-state index contributed by atoms with van der Waals surface area (Å²) in [7, 11) is 1.95. The minimum Gasteiger partial charge on any atom is -0.379 e. The van der Waals surface area contributed by atoms with Crippen molar-refractivity contribution in [1.82, 2.24) is 9.78 Å². The van der Waals surface area contributed by atoms with Crippen LogP contribution in [0, 0.1) is 0 Å². The highest BCUT2D eigenvalue weighted by molar-refractivity contribution is 5.51.